The number of nitriles is 1. The highest BCUT2D eigenvalue weighted by molar-refractivity contribution is 6.31. The van der Waals surface area contributed by atoms with Crippen molar-refractivity contribution >= 4 is 7.41 Å². The number of halogens is 1. The van der Waals surface area contributed by atoms with Crippen LogP contribution in [-0.4, -0.2) is 16.9 Å². The fraction of sp³-hybridized carbons (Fsp3) is 0.0833. The lowest BCUT2D eigenvalue weighted by atomic mass is 9.98. The molecule has 0 amide bonds. The molecule has 0 saturated heterocycles. The van der Waals surface area contributed by atoms with E-state index < -0.39 is 11.4 Å². The smallest absolute Gasteiger partial charge is 0.274 e. The summed E-state index contributed by atoms with van der Waals surface area (Å²) < 4.78 is 14.6. The molecule has 2 aromatic rings. The molecule has 0 aliphatic rings. The maximum Gasteiger partial charge on any atom is 0.274 e. The lowest BCUT2D eigenvalue weighted by Gasteiger charge is -2.06. The van der Waals surface area contributed by atoms with Crippen LogP contribution in [0, 0.1) is 17.1 Å². The zero-order chi connectivity index (χ0) is 13.1. The van der Waals surface area contributed by atoms with Crippen molar-refractivity contribution in [3.8, 4) is 17.3 Å². The maximum absolute atomic E-state index is 13.4. The van der Waals surface area contributed by atoms with Crippen LogP contribution in [0.4, 0.5) is 4.39 Å². The quantitative estimate of drug-likeness (QED) is 0.746. The largest absolute Gasteiger partial charge is 0.362 e. The number of aromatic nitrogens is 2. The van der Waals surface area contributed by atoms with Crippen LogP contribution >= 0.6 is 0 Å². The summed E-state index contributed by atoms with van der Waals surface area (Å²) in [5, 5.41) is 8.80. The van der Waals surface area contributed by atoms with E-state index in [0.717, 1.165) is 10.5 Å². The van der Waals surface area contributed by atoms with Gasteiger partial charge in [-0.05, 0) is 18.2 Å². The Balaban J connectivity index is 2.61. The summed E-state index contributed by atoms with van der Waals surface area (Å²) in [5.41, 5.74) is 0.613. The van der Waals surface area contributed by atoms with Gasteiger partial charge in [0, 0.05) is 18.0 Å². The Morgan fingerprint density at radius 3 is 2.94 bits per heavy atom. The molecule has 4 nitrogen and oxygen atoms in total. The minimum Gasteiger partial charge on any atom is -0.362 e. The molecule has 0 N–H and O–H groups in total. The summed E-state index contributed by atoms with van der Waals surface area (Å²) in [7, 11) is 1.46. The molecule has 0 aliphatic heterocycles. The molecule has 87 valence electrons. The van der Waals surface area contributed by atoms with Crippen molar-refractivity contribution in [2.75, 3.05) is 0 Å². The third kappa shape index (κ3) is 2.16. The van der Waals surface area contributed by atoms with E-state index in [4.69, 9.17) is 5.26 Å². The Kier molecular flexibility index (Phi) is 3.24. The molecule has 0 aromatic carbocycles. The summed E-state index contributed by atoms with van der Waals surface area (Å²) in [6, 6.07) is 6.20. The fourth-order valence-corrected chi connectivity index (χ4v) is 1.56. The maximum atomic E-state index is 13.4. The molecule has 18 heavy (non-hydrogen) atoms. The van der Waals surface area contributed by atoms with Gasteiger partial charge in [0.05, 0.1) is 17.3 Å². The monoisotopic (exact) mass is 240 g/mol. The van der Waals surface area contributed by atoms with Crippen LogP contribution in [0.1, 0.15) is 5.56 Å². The lowest BCUT2D eigenvalue weighted by Crippen LogP contribution is -2.25. The van der Waals surface area contributed by atoms with E-state index in [1.165, 1.54) is 19.8 Å². The second-order valence-electron chi connectivity index (χ2n) is 3.59. The summed E-state index contributed by atoms with van der Waals surface area (Å²) in [6.07, 6.45) is 2.95. The first-order valence-corrected chi connectivity index (χ1v) is 5.23. The average Bonchev–Trinajstić information content (AvgIpc) is 2.41. The lowest BCUT2D eigenvalue weighted by molar-refractivity contribution is 0.605. The first-order valence-electron chi connectivity index (χ1n) is 5.23. The minimum absolute atomic E-state index is 0.429. The van der Waals surface area contributed by atoms with Gasteiger partial charge in [-0.25, -0.2) is 4.39 Å². The predicted molar refractivity (Wildman–Crippen MR) is 65.6 cm³/mol. The van der Waals surface area contributed by atoms with Gasteiger partial charge in [0.1, 0.15) is 0 Å². The van der Waals surface area contributed by atoms with Crippen LogP contribution in [0.25, 0.3) is 11.3 Å². The Labute approximate surface area is 104 Å². The molecule has 0 aliphatic carbocycles. The van der Waals surface area contributed by atoms with Crippen molar-refractivity contribution in [1.82, 2.24) is 9.46 Å². The molecule has 0 fully saturated rings. The predicted octanol–water partition coefficient (Wildman–Crippen LogP) is 1.44. The highest BCUT2D eigenvalue weighted by atomic mass is 19.1. The van der Waals surface area contributed by atoms with Crippen LogP contribution < -0.4 is 5.56 Å². The zero-order valence-corrected chi connectivity index (χ0v) is 9.59. The van der Waals surface area contributed by atoms with Crippen molar-refractivity contribution < 1.29 is 4.39 Å². The van der Waals surface area contributed by atoms with Gasteiger partial charge in [-0.2, -0.15) is 5.26 Å². The van der Waals surface area contributed by atoms with Crippen molar-refractivity contribution in [2.24, 2.45) is 0 Å². The average molecular weight is 240 g/mol. The molecule has 1 radical (unpaired) electrons. The molecular weight excluding hydrogens is 232 g/mol. The van der Waals surface area contributed by atoms with E-state index in [1.807, 2.05) is 6.07 Å². The highest BCUT2D eigenvalue weighted by Crippen LogP contribution is 2.16. The van der Waals surface area contributed by atoms with Gasteiger partial charge in [0.25, 0.3) is 13.0 Å². The van der Waals surface area contributed by atoms with E-state index in [1.54, 1.807) is 19.0 Å². The summed E-state index contributed by atoms with van der Waals surface area (Å²) in [5.74, 6) is -0.852. The van der Waals surface area contributed by atoms with E-state index in [2.05, 4.69) is 4.98 Å². The summed E-state index contributed by atoms with van der Waals surface area (Å²) in [6.45, 7) is 1.63. The Morgan fingerprint density at radius 1 is 1.50 bits per heavy atom. The van der Waals surface area contributed by atoms with Gasteiger partial charge < -0.3 is 4.48 Å². The standard InChI is InChI=1S/C12H8BFN3O/c1-13-17-7-9(5-10(14)12(17)18)11-4-8(6-15)2-3-16-11/h2-5,7H,1H3. The van der Waals surface area contributed by atoms with E-state index in [0.29, 0.717) is 16.8 Å². The second kappa shape index (κ2) is 4.84. The Morgan fingerprint density at radius 2 is 2.28 bits per heavy atom. The Hall–Kier alpha value is -2.42. The van der Waals surface area contributed by atoms with Gasteiger partial charge in [-0.3, -0.25) is 9.78 Å². The first kappa shape index (κ1) is 12.1. The van der Waals surface area contributed by atoms with Crippen LogP contribution in [0.2, 0.25) is 6.82 Å². The van der Waals surface area contributed by atoms with Crippen molar-refractivity contribution in [2.45, 2.75) is 6.82 Å². The van der Waals surface area contributed by atoms with Crippen LogP contribution in [0.5, 0.6) is 0 Å². The number of nitrogens with zero attached hydrogens (tertiary/aromatic N) is 3. The van der Waals surface area contributed by atoms with Gasteiger partial charge in [-0.15, -0.1) is 0 Å². The van der Waals surface area contributed by atoms with Crippen LogP contribution in [0.3, 0.4) is 0 Å². The summed E-state index contributed by atoms with van der Waals surface area (Å²) >= 11 is 0. The SMILES string of the molecule is C[B]n1cc(-c2cc(C#N)ccn2)cc(F)c1=O. The molecule has 6 heteroatoms. The molecule has 0 atom stereocenters. The molecule has 0 bridgehead atoms. The van der Waals surface area contributed by atoms with Crippen LogP contribution in [-0.2, 0) is 0 Å². The molecule has 2 aromatic heterocycles. The molecule has 2 heterocycles. The molecule has 2 rings (SSSR count). The van der Waals surface area contributed by atoms with Gasteiger partial charge in [0.15, 0.2) is 5.82 Å². The van der Waals surface area contributed by atoms with E-state index in [-0.39, 0.29) is 0 Å². The third-order valence-electron chi connectivity index (χ3n) is 2.46. The fourth-order valence-electron chi connectivity index (χ4n) is 1.56. The summed E-state index contributed by atoms with van der Waals surface area (Å²) in [4.78, 5) is 15.4. The molecule has 0 spiro atoms. The highest BCUT2D eigenvalue weighted by Gasteiger charge is 2.08. The van der Waals surface area contributed by atoms with Crippen molar-refractivity contribution in [3.05, 3.63) is 52.3 Å². The van der Waals surface area contributed by atoms with Gasteiger partial charge >= 0.3 is 0 Å². The molecule has 0 saturated carbocycles. The molecule has 0 unspecified atom stereocenters. The number of pyridine rings is 2. The number of hydrogen-bond acceptors (Lipinski definition) is 3. The van der Waals surface area contributed by atoms with Gasteiger partial charge in [-0.1, -0.05) is 6.82 Å². The first-order chi connectivity index (χ1) is 8.65. The van der Waals surface area contributed by atoms with E-state index >= 15 is 0 Å². The van der Waals surface area contributed by atoms with E-state index in [9.17, 15) is 9.18 Å². The molecular formula is C12H8BFN3O. The number of hydrogen-bond donors (Lipinski definition) is 0. The van der Waals surface area contributed by atoms with Crippen molar-refractivity contribution in [3.63, 3.8) is 0 Å². The third-order valence-corrected chi connectivity index (χ3v) is 2.46. The topological polar surface area (TPSA) is 58.7 Å². The van der Waals surface area contributed by atoms with Crippen LogP contribution in [0.15, 0.2) is 35.4 Å². The Bertz CT molecular complexity index is 690. The zero-order valence-electron chi connectivity index (χ0n) is 9.59. The van der Waals surface area contributed by atoms with Crippen molar-refractivity contribution in [1.29, 1.82) is 5.26 Å². The normalized spacial score (nSPS) is 9.83. The minimum atomic E-state index is -0.852. The van der Waals surface area contributed by atoms with Gasteiger partial charge in [0.2, 0.25) is 0 Å². The second-order valence-corrected chi connectivity index (χ2v) is 3.59. The number of rotatable bonds is 2.